The van der Waals surface area contributed by atoms with E-state index in [-0.39, 0.29) is 5.41 Å². The molecule has 4 atom stereocenters. The predicted molar refractivity (Wildman–Crippen MR) is 67.1 cm³/mol. The van der Waals surface area contributed by atoms with Gasteiger partial charge in [-0.15, -0.1) is 0 Å². The summed E-state index contributed by atoms with van der Waals surface area (Å²) >= 11 is 0. The van der Waals surface area contributed by atoms with E-state index in [0.717, 1.165) is 31.6 Å². The van der Waals surface area contributed by atoms with Gasteiger partial charge in [0.1, 0.15) is 0 Å². The highest BCUT2D eigenvalue weighted by atomic mass is 16.3. The van der Waals surface area contributed by atoms with E-state index in [0.29, 0.717) is 12.5 Å². The molecule has 2 aliphatic rings. The molecular formula is C14H27NO. The molecule has 2 fully saturated rings. The van der Waals surface area contributed by atoms with Crippen LogP contribution in [0.15, 0.2) is 0 Å². The van der Waals surface area contributed by atoms with Gasteiger partial charge in [-0.2, -0.15) is 0 Å². The van der Waals surface area contributed by atoms with Crippen LogP contribution in [0.1, 0.15) is 58.8 Å². The van der Waals surface area contributed by atoms with Gasteiger partial charge in [-0.1, -0.05) is 20.3 Å². The number of hydrogen-bond acceptors (Lipinski definition) is 2. The molecule has 0 saturated heterocycles. The zero-order valence-electron chi connectivity index (χ0n) is 10.8. The standard InChI is InChI=1S/C14H27NO/c1-3-12-5-6-13(9-12,10-15)14(16)7-4-11(2)8-14/h11-12,16H,3-10,15H2,1-2H3. The third-order valence-electron chi connectivity index (χ3n) is 5.40. The van der Waals surface area contributed by atoms with Gasteiger partial charge >= 0.3 is 0 Å². The molecule has 0 heterocycles. The number of aliphatic hydroxyl groups is 1. The molecule has 16 heavy (non-hydrogen) atoms. The highest BCUT2D eigenvalue weighted by Gasteiger charge is 2.54. The van der Waals surface area contributed by atoms with Crippen molar-refractivity contribution in [1.82, 2.24) is 0 Å². The van der Waals surface area contributed by atoms with Gasteiger partial charge in [-0.05, 0) is 50.4 Å². The highest BCUT2D eigenvalue weighted by Crippen LogP contribution is 2.55. The maximum Gasteiger partial charge on any atom is 0.0718 e. The molecule has 0 aliphatic heterocycles. The zero-order valence-corrected chi connectivity index (χ0v) is 10.8. The molecule has 0 bridgehead atoms. The van der Waals surface area contributed by atoms with Crippen LogP contribution in [-0.4, -0.2) is 17.3 Å². The van der Waals surface area contributed by atoms with Gasteiger partial charge < -0.3 is 10.8 Å². The fraction of sp³-hybridized carbons (Fsp3) is 1.00. The van der Waals surface area contributed by atoms with Crippen molar-refractivity contribution in [3.63, 3.8) is 0 Å². The maximum absolute atomic E-state index is 10.9. The van der Waals surface area contributed by atoms with E-state index in [1.54, 1.807) is 0 Å². The second-order valence-corrected chi connectivity index (χ2v) is 6.38. The summed E-state index contributed by atoms with van der Waals surface area (Å²) in [6.45, 7) is 5.19. The molecule has 0 aromatic rings. The largest absolute Gasteiger partial charge is 0.389 e. The molecule has 94 valence electrons. The van der Waals surface area contributed by atoms with Crippen LogP contribution in [0.4, 0.5) is 0 Å². The third-order valence-corrected chi connectivity index (χ3v) is 5.40. The molecule has 0 spiro atoms. The van der Waals surface area contributed by atoms with Crippen LogP contribution < -0.4 is 5.73 Å². The van der Waals surface area contributed by atoms with E-state index in [4.69, 9.17) is 5.73 Å². The van der Waals surface area contributed by atoms with E-state index in [2.05, 4.69) is 13.8 Å². The molecule has 2 heteroatoms. The van der Waals surface area contributed by atoms with Crippen molar-refractivity contribution in [2.75, 3.05) is 6.54 Å². The molecule has 4 unspecified atom stereocenters. The monoisotopic (exact) mass is 225 g/mol. The van der Waals surface area contributed by atoms with Gasteiger partial charge in [-0.25, -0.2) is 0 Å². The topological polar surface area (TPSA) is 46.2 Å². The van der Waals surface area contributed by atoms with Crippen LogP contribution in [0.5, 0.6) is 0 Å². The van der Waals surface area contributed by atoms with E-state index < -0.39 is 5.60 Å². The first-order chi connectivity index (χ1) is 7.55. The Hall–Kier alpha value is -0.0800. The molecule has 0 radical (unpaired) electrons. The van der Waals surface area contributed by atoms with Gasteiger partial charge in [0.2, 0.25) is 0 Å². The Morgan fingerprint density at radius 3 is 2.44 bits per heavy atom. The molecule has 0 amide bonds. The van der Waals surface area contributed by atoms with Crippen molar-refractivity contribution in [3.05, 3.63) is 0 Å². The smallest absolute Gasteiger partial charge is 0.0718 e. The van der Waals surface area contributed by atoms with Gasteiger partial charge in [-0.3, -0.25) is 0 Å². The van der Waals surface area contributed by atoms with Gasteiger partial charge in [0.05, 0.1) is 5.60 Å². The molecule has 2 nitrogen and oxygen atoms in total. The normalized spacial score (nSPS) is 48.8. The molecule has 0 aromatic heterocycles. The minimum absolute atomic E-state index is 0.0401. The maximum atomic E-state index is 10.9. The molecule has 0 aromatic carbocycles. The lowest BCUT2D eigenvalue weighted by molar-refractivity contribution is -0.0770. The predicted octanol–water partition coefficient (Wildman–Crippen LogP) is 2.69. The molecule has 2 saturated carbocycles. The van der Waals surface area contributed by atoms with E-state index in [9.17, 15) is 5.11 Å². The molecular weight excluding hydrogens is 198 g/mol. The minimum Gasteiger partial charge on any atom is -0.389 e. The van der Waals surface area contributed by atoms with Gasteiger partial charge in [0, 0.05) is 12.0 Å². The fourth-order valence-corrected chi connectivity index (χ4v) is 4.13. The van der Waals surface area contributed by atoms with Crippen molar-refractivity contribution in [2.45, 2.75) is 64.4 Å². The van der Waals surface area contributed by atoms with Crippen LogP contribution in [-0.2, 0) is 0 Å². The summed E-state index contributed by atoms with van der Waals surface area (Å²) in [6, 6.07) is 0. The van der Waals surface area contributed by atoms with E-state index in [1.807, 2.05) is 0 Å². The van der Waals surface area contributed by atoms with Crippen molar-refractivity contribution in [2.24, 2.45) is 23.0 Å². The molecule has 3 N–H and O–H groups in total. The SMILES string of the molecule is CCC1CCC(CN)(C2(O)CCC(C)C2)C1. The lowest BCUT2D eigenvalue weighted by Crippen LogP contribution is -2.49. The van der Waals surface area contributed by atoms with Crippen molar-refractivity contribution < 1.29 is 5.11 Å². The van der Waals surface area contributed by atoms with Crippen LogP contribution in [0.2, 0.25) is 0 Å². The highest BCUT2D eigenvalue weighted by molar-refractivity contribution is 5.06. The van der Waals surface area contributed by atoms with Crippen LogP contribution in [0.25, 0.3) is 0 Å². The lowest BCUT2D eigenvalue weighted by atomic mass is 9.68. The second kappa shape index (κ2) is 4.30. The Bertz CT molecular complexity index is 255. The van der Waals surface area contributed by atoms with Crippen LogP contribution >= 0.6 is 0 Å². The summed E-state index contributed by atoms with van der Waals surface area (Å²) < 4.78 is 0. The second-order valence-electron chi connectivity index (χ2n) is 6.38. The van der Waals surface area contributed by atoms with Crippen molar-refractivity contribution in [3.8, 4) is 0 Å². The summed E-state index contributed by atoms with van der Waals surface area (Å²) in [4.78, 5) is 0. The van der Waals surface area contributed by atoms with Gasteiger partial charge in [0.25, 0.3) is 0 Å². The first kappa shape index (κ1) is 12.4. The first-order valence-corrected chi connectivity index (χ1v) is 6.98. The minimum atomic E-state index is -0.453. The Kier molecular flexibility index (Phi) is 3.33. The first-order valence-electron chi connectivity index (χ1n) is 6.98. The zero-order chi connectivity index (χ0) is 11.8. The fourth-order valence-electron chi connectivity index (χ4n) is 4.13. The number of nitrogens with two attached hydrogens (primary N) is 1. The van der Waals surface area contributed by atoms with Crippen LogP contribution in [0, 0.1) is 17.3 Å². The summed E-state index contributed by atoms with van der Waals surface area (Å²) in [5, 5.41) is 10.9. The Morgan fingerprint density at radius 2 is 2.00 bits per heavy atom. The Balaban J connectivity index is 2.16. The number of rotatable bonds is 3. The Morgan fingerprint density at radius 1 is 1.25 bits per heavy atom. The van der Waals surface area contributed by atoms with Crippen molar-refractivity contribution >= 4 is 0 Å². The average Bonchev–Trinajstić information content (AvgIpc) is 2.84. The quantitative estimate of drug-likeness (QED) is 0.775. The third kappa shape index (κ3) is 1.80. The number of hydrogen-bond donors (Lipinski definition) is 2. The van der Waals surface area contributed by atoms with E-state index >= 15 is 0 Å². The Labute approximate surface area is 99.6 Å². The average molecular weight is 225 g/mol. The summed E-state index contributed by atoms with van der Waals surface area (Å²) in [5.41, 5.74) is 5.62. The van der Waals surface area contributed by atoms with Gasteiger partial charge in [0.15, 0.2) is 0 Å². The van der Waals surface area contributed by atoms with Crippen LogP contribution in [0.3, 0.4) is 0 Å². The summed E-state index contributed by atoms with van der Waals surface area (Å²) in [5.74, 6) is 1.47. The van der Waals surface area contributed by atoms with Crippen molar-refractivity contribution in [1.29, 1.82) is 0 Å². The summed E-state index contributed by atoms with van der Waals surface area (Å²) in [7, 11) is 0. The molecule has 2 aliphatic carbocycles. The summed E-state index contributed by atoms with van der Waals surface area (Å²) in [6.07, 6.45) is 7.93. The lowest BCUT2D eigenvalue weighted by Gasteiger charge is -2.43. The molecule has 2 rings (SSSR count). The van der Waals surface area contributed by atoms with E-state index in [1.165, 1.54) is 19.3 Å².